The molecule has 0 amide bonds. The van der Waals surface area contributed by atoms with Crippen LogP contribution in [0.1, 0.15) is 4.88 Å². The molecule has 0 aliphatic rings. The number of thiophene rings is 1. The molecular weight excluding hydrogens is 294 g/mol. The van der Waals surface area contributed by atoms with E-state index in [2.05, 4.69) is 19.9 Å². The van der Waals surface area contributed by atoms with Gasteiger partial charge in [-0.25, -0.2) is 18.1 Å². The zero-order valence-corrected chi connectivity index (χ0v) is 11.2. The Bertz CT molecular complexity index is 667. The number of hydrogen-bond donors (Lipinski definition) is 2. The number of nitrogens with two attached hydrogens (primary N) is 1. The van der Waals surface area contributed by atoms with Crippen molar-refractivity contribution in [3.63, 3.8) is 0 Å². The Morgan fingerprint density at radius 1 is 1.39 bits per heavy atom. The SMILES string of the molecule is NC(=S)c1ccc(S(=O)(=O)Nc2nccnn2)s1. The van der Waals surface area contributed by atoms with E-state index < -0.39 is 10.0 Å². The summed E-state index contributed by atoms with van der Waals surface area (Å²) in [5.41, 5.74) is 5.41. The van der Waals surface area contributed by atoms with E-state index in [1.807, 2.05) is 0 Å². The van der Waals surface area contributed by atoms with Crippen molar-refractivity contribution in [2.45, 2.75) is 4.21 Å². The van der Waals surface area contributed by atoms with Gasteiger partial charge >= 0.3 is 0 Å². The van der Waals surface area contributed by atoms with Crippen molar-refractivity contribution in [1.82, 2.24) is 15.2 Å². The molecule has 2 heterocycles. The molecule has 3 N–H and O–H groups in total. The van der Waals surface area contributed by atoms with Crippen molar-refractivity contribution in [3.8, 4) is 0 Å². The zero-order valence-electron chi connectivity index (χ0n) is 8.77. The van der Waals surface area contributed by atoms with Crippen molar-refractivity contribution in [3.05, 3.63) is 29.4 Å². The highest BCUT2D eigenvalue weighted by molar-refractivity contribution is 7.94. The minimum atomic E-state index is -3.74. The van der Waals surface area contributed by atoms with E-state index in [1.54, 1.807) is 6.07 Å². The molecule has 0 radical (unpaired) electrons. The number of nitrogens with one attached hydrogen (secondary N) is 1. The first kappa shape index (κ1) is 12.8. The average Bonchev–Trinajstić information content (AvgIpc) is 2.79. The van der Waals surface area contributed by atoms with E-state index >= 15 is 0 Å². The number of thiocarbonyl (C=S) groups is 1. The Labute approximate surface area is 112 Å². The van der Waals surface area contributed by atoms with Gasteiger partial charge in [0.15, 0.2) is 0 Å². The lowest BCUT2D eigenvalue weighted by atomic mass is 10.5. The standard InChI is InChI=1S/C8H7N5O2S3/c9-7(16)5-1-2-6(17-5)18(14,15)13-8-10-3-4-11-12-8/h1-4H,(H2,9,16)(H,10,12,13). The Balaban J connectivity index is 2.28. The molecule has 0 bridgehead atoms. The third kappa shape index (κ3) is 2.78. The van der Waals surface area contributed by atoms with Crippen LogP contribution in [0.5, 0.6) is 0 Å². The summed E-state index contributed by atoms with van der Waals surface area (Å²) in [6, 6.07) is 2.96. The van der Waals surface area contributed by atoms with Crippen LogP contribution in [0.25, 0.3) is 0 Å². The summed E-state index contributed by atoms with van der Waals surface area (Å²) in [4.78, 5) is 4.40. The van der Waals surface area contributed by atoms with E-state index in [1.165, 1.54) is 18.5 Å². The van der Waals surface area contributed by atoms with Gasteiger partial charge in [0.25, 0.3) is 16.0 Å². The zero-order chi connectivity index (χ0) is 13.2. The van der Waals surface area contributed by atoms with Crippen molar-refractivity contribution in [2.24, 2.45) is 5.73 Å². The maximum Gasteiger partial charge on any atom is 0.273 e. The second kappa shape index (κ2) is 4.92. The van der Waals surface area contributed by atoms with Gasteiger partial charge in [0.2, 0.25) is 0 Å². The van der Waals surface area contributed by atoms with Crippen LogP contribution < -0.4 is 10.5 Å². The highest BCUT2D eigenvalue weighted by atomic mass is 32.2. The molecule has 0 aliphatic carbocycles. The summed E-state index contributed by atoms with van der Waals surface area (Å²) in [6.07, 6.45) is 2.67. The molecule has 7 nitrogen and oxygen atoms in total. The van der Waals surface area contributed by atoms with Gasteiger partial charge in [0, 0.05) is 0 Å². The largest absolute Gasteiger partial charge is 0.389 e. The summed E-state index contributed by atoms with van der Waals surface area (Å²) in [7, 11) is -3.74. The predicted octanol–water partition coefficient (Wildman–Crippen LogP) is 0.368. The number of nitrogens with zero attached hydrogens (tertiary/aromatic N) is 3. The molecule has 0 atom stereocenters. The van der Waals surface area contributed by atoms with Gasteiger partial charge in [-0.3, -0.25) is 0 Å². The van der Waals surface area contributed by atoms with E-state index in [4.69, 9.17) is 18.0 Å². The Morgan fingerprint density at radius 3 is 2.72 bits per heavy atom. The first-order valence-electron chi connectivity index (χ1n) is 4.55. The average molecular weight is 301 g/mol. The fourth-order valence-corrected chi connectivity index (χ4v) is 3.36. The molecule has 10 heteroatoms. The minimum Gasteiger partial charge on any atom is -0.389 e. The highest BCUT2D eigenvalue weighted by Crippen LogP contribution is 2.22. The first-order valence-corrected chi connectivity index (χ1v) is 7.26. The number of hydrogen-bond acceptors (Lipinski definition) is 7. The fourth-order valence-electron chi connectivity index (χ4n) is 1.06. The molecule has 2 aromatic rings. The Morgan fingerprint density at radius 2 is 2.17 bits per heavy atom. The molecule has 0 saturated carbocycles. The van der Waals surface area contributed by atoms with Crippen molar-refractivity contribution in [2.75, 3.05) is 4.72 Å². The molecule has 0 spiro atoms. The van der Waals surface area contributed by atoms with Crippen LogP contribution in [-0.4, -0.2) is 28.6 Å². The lowest BCUT2D eigenvalue weighted by molar-refractivity contribution is 0.602. The molecular formula is C8H7N5O2S3. The topological polar surface area (TPSA) is 111 Å². The van der Waals surface area contributed by atoms with Crippen molar-refractivity contribution in [1.29, 1.82) is 0 Å². The van der Waals surface area contributed by atoms with Crippen LogP contribution in [0.3, 0.4) is 0 Å². The Hall–Kier alpha value is -1.65. The molecule has 0 saturated heterocycles. The maximum absolute atomic E-state index is 11.9. The molecule has 0 aromatic carbocycles. The summed E-state index contributed by atoms with van der Waals surface area (Å²) < 4.78 is 26.2. The number of rotatable bonds is 4. The van der Waals surface area contributed by atoms with Crippen LogP contribution >= 0.6 is 23.6 Å². The molecule has 2 aromatic heterocycles. The van der Waals surface area contributed by atoms with Gasteiger partial charge < -0.3 is 5.73 Å². The van der Waals surface area contributed by atoms with Gasteiger partial charge in [-0.2, -0.15) is 5.10 Å². The summed E-state index contributed by atoms with van der Waals surface area (Å²) in [5, 5.41) is 7.05. The summed E-state index contributed by atoms with van der Waals surface area (Å²) in [5.74, 6) is -0.0947. The van der Waals surface area contributed by atoms with Gasteiger partial charge in [0.1, 0.15) is 9.20 Å². The third-order valence-corrected chi connectivity index (χ3v) is 5.08. The normalized spacial score (nSPS) is 11.1. The van der Waals surface area contributed by atoms with Gasteiger partial charge in [0.05, 0.1) is 17.3 Å². The summed E-state index contributed by atoms with van der Waals surface area (Å²) >= 11 is 5.74. The minimum absolute atomic E-state index is 0.0813. The van der Waals surface area contributed by atoms with Crippen LogP contribution in [0, 0.1) is 0 Å². The highest BCUT2D eigenvalue weighted by Gasteiger charge is 2.18. The number of anilines is 1. The molecule has 18 heavy (non-hydrogen) atoms. The fraction of sp³-hybridized carbons (Fsp3) is 0. The van der Waals surface area contributed by atoms with E-state index in [0.29, 0.717) is 4.88 Å². The molecule has 0 fully saturated rings. The predicted molar refractivity (Wildman–Crippen MR) is 70.8 cm³/mol. The van der Waals surface area contributed by atoms with E-state index in [0.717, 1.165) is 11.3 Å². The quantitative estimate of drug-likeness (QED) is 0.785. The molecule has 94 valence electrons. The first-order chi connectivity index (χ1) is 8.49. The molecule has 0 aliphatic heterocycles. The molecule has 2 rings (SSSR count). The smallest absolute Gasteiger partial charge is 0.273 e. The Kier molecular flexibility index (Phi) is 3.50. The van der Waals surface area contributed by atoms with Gasteiger partial charge in [-0.15, -0.1) is 16.4 Å². The molecule has 0 unspecified atom stereocenters. The van der Waals surface area contributed by atoms with E-state index in [9.17, 15) is 8.42 Å². The van der Waals surface area contributed by atoms with Crippen LogP contribution in [0.15, 0.2) is 28.7 Å². The van der Waals surface area contributed by atoms with E-state index in [-0.39, 0.29) is 15.1 Å². The third-order valence-electron chi connectivity index (χ3n) is 1.80. The van der Waals surface area contributed by atoms with Crippen LogP contribution in [0.4, 0.5) is 5.95 Å². The van der Waals surface area contributed by atoms with Gasteiger partial charge in [-0.05, 0) is 12.1 Å². The number of sulfonamides is 1. The van der Waals surface area contributed by atoms with Crippen LogP contribution in [-0.2, 0) is 10.0 Å². The van der Waals surface area contributed by atoms with Crippen molar-refractivity contribution >= 4 is 44.5 Å². The number of aromatic nitrogens is 3. The lowest BCUT2D eigenvalue weighted by Gasteiger charge is -2.02. The second-order valence-corrected chi connectivity index (χ2v) is 6.49. The maximum atomic E-state index is 11.9. The second-order valence-electron chi connectivity index (χ2n) is 3.05. The summed E-state index contributed by atoms with van der Waals surface area (Å²) in [6.45, 7) is 0. The van der Waals surface area contributed by atoms with Crippen LogP contribution in [0.2, 0.25) is 0 Å². The van der Waals surface area contributed by atoms with Crippen molar-refractivity contribution < 1.29 is 8.42 Å². The van der Waals surface area contributed by atoms with Gasteiger partial charge in [-0.1, -0.05) is 12.2 Å². The lowest BCUT2D eigenvalue weighted by Crippen LogP contribution is -2.14. The monoisotopic (exact) mass is 301 g/mol.